The van der Waals surface area contributed by atoms with Crippen LogP contribution in [0, 0.1) is 0 Å². The smallest absolute Gasteiger partial charge is 0.422 e. The fraction of sp³-hybridized carbons (Fsp3) is 0.360. The van der Waals surface area contributed by atoms with Crippen LogP contribution in [-0.2, 0) is 16.0 Å². The number of thioether (sulfide) groups is 1. The molecule has 33 heavy (non-hydrogen) atoms. The van der Waals surface area contributed by atoms with Crippen molar-refractivity contribution in [3.63, 3.8) is 0 Å². The summed E-state index contributed by atoms with van der Waals surface area (Å²) in [6.07, 6.45) is 1.76. The fourth-order valence-electron chi connectivity index (χ4n) is 3.31. The Morgan fingerprint density at radius 3 is 2.30 bits per heavy atom. The Bertz CT molecular complexity index is 1150. The molecule has 2 aromatic carbocycles. The predicted octanol–water partition coefficient (Wildman–Crippen LogP) is 5.55. The van der Waals surface area contributed by atoms with Gasteiger partial charge in [-0.2, -0.15) is 0 Å². The van der Waals surface area contributed by atoms with E-state index in [0.717, 1.165) is 17.7 Å². The van der Waals surface area contributed by atoms with Crippen molar-refractivity contribution >= 4 is 29.4 Å². The zero-order chi connectivity index (χ0) is 23.6. The largest absolute Gasteiger partial charge is 0.443 e. The SMILES string of the molecule is CCc1ccc(NC(=O)C2(Sc3nnc(-c4ccccc4)n3C(=O)OC(C)(C)C)CC2)cc1. The van der Waals surface area contributed by atoms with E-state index < -0.39 is 16.4 Å². The van der Waals surface area contributed by atoms with Crippen LogP contribution in [0.3, 0.4) is 0 Å². The number of aryl methyl sites for hydroxylation is 1. The highest BCUT2D eigenvalue weighted by atomic mass is 32.2. The Balaban J connectivity index is 1.61. The summed E-state index contributed by atoms with van der Waals surface area (Å²) >= 11 is 1.26. The second-order valence-corrected chi connectivity index (χ2v) is 10.4. The van der Waals surface area contributed by atoms with Gasteiger partial charge >= 0.3 is 6.09 Å². The molecule has 1 amide bonds. The molecule has 1 heterocycles. The van der Waals surface area contributed by atoms with Crippen molar-refractivity contribution in [3.8, 4) is 11.4 Å². The van der Waals surface area contributed by atoms with Crippen LogP contribution < -0.4 is 5.32 Å². The van der Waals surface area contributed by atoms with Crippen molar-refractivity contribution in [2.75, 3.05) is 5.32 Å². The van der Waals surface area contributed by atoms with Crippen LogP contribution in [0.5, 0.6) is 0 Å². The van der Waals surface area contributed by atoms with Crippen molar-refractivity contribution in [1.82, 2.24) is 14.8 Å². The summed E-state index contributed by atoms with van der Waals surface area (Å²) in [5.41, 5.74) is 2.02. The number of ether oxygens (including phenoxy) is 1. The Labute approximate surface area is 197 Å². The van der Waals surface area contributed by atoms with E-state index in [1.807, 2.05) is 75.4 Å². The van der Waals surface area contributed by atoms with E-state index in [1.165, 1.54) is 21.9 Å². The molecular formula is C25H28N4O3S. The van der Waals surface area contributed by atoms with Crippen LogP contribution in [0.4, 0.5) is 10.5 Å². The third kappa shape index (κ3) is 5.27. The monoisotopic (exact) mass is 464 g/mol. The van der Waals surface area contributed by atoms with Gasteiger partial charge in [-0.1, -0.05) is 61.2 Å². The molecule has 1 aliphatic rings. The molecule has 4 rings (SSSR count). The molecule has 0 saturated heterocycles. The molecule has 1 saturated carbocycles. The molecule has 0 unspecified atom stereocenters. The number of hydrogen-bond donors (Lipinski definition) is 1. The van der Waals surface area contributed by atoms with Crippen molar-refractivity contribution in [2.24, 2.45) is 0 Å². The van der Waals surface area contributed by atoms with E-state index in [-0.39, 0.29) is 5.91 Å². The van der Waals surface area contributed by atoms with E-state index in [0.29, 0.717) is 23.8 Å². The summed E-state index contributed by atoms with van der Waals surface area (Å²) in [4.78, 5) is 26.2. The van der Waals surface area contributed by atoms with Gasteiger partial charge in [-0.3, -0.25) is 4.79 Å². The number of nitrogens with one attached hydrogen (secondary N) is 1. The molecule has 0 atom stereocenters. The number of amides is 1. The second-order valence-electron chi connectivity index (χ2n) is 9.09. The van der Waals surface area contributed by atoms with Gasteiger partial charge in [-0.25, -0.2) is 9.36 Å². The lowest BCUT2D eigenvalue weighted by Crippen LogP contribution is -2.30. The van der Waals surface area contributed by atoms with Gasteiger partial charge in [0.1, 0.15) is 10.3 Å². The van der Waals surface area contributed by atoms with E-state index >= 15 is 0 Å². The zero-order valence-corrected chi connectivity index (χ0v) is 20.1. The first-order valence-corrected chi connectivity index (χ1v) is 11.9. The minimum Gasteiger partial charge on any atom is -0.443 e. The van der Waals surface area contributed by atoms with Crippen molar-refractivity contribution in [3.05, 3.63) is 60.2 Å². The third-order valence-corrected chi connectivity index (χ3v) is 6.70. The first kappa shape index (κ1) is 23.0. The molecule has 0 radical (unpaired) electrons. The zero-order valence-electron chi connectivity index (χ0n) is 19.3. The van der Waals surface area contributed by atoms with Gasteiger partial charge in [-0.05, 0) is 57.7 Å². The number of carbonyl (C=O) groups excluding carboxylic acids is 2. The van der Waals surface area contributed by atoms with Crippen molar-refractivity contribution < 1.29 is 14.3 Å². The third-order valence-electron chi connectivity index (χ3n) is 5.27. The Hall–Kier alpha value is -3.13. The molecule has 1 aliphatic carbocycles. The van der Waals surface area contributed by atoms with E-state index in [2.05, 4.69) is 22.4 Å². The van der Waals surface area contributed by atoms with Gasteiger partial charge in [0.25, 0.3) is 0 Å². The molecule has 3 aromatic rings. The van der Waals surface area contributed by atoms with Crippen LogP contribution in [0.1, 0.15) is 46.1 Å². The molecule has 0 aliphatic heterocycles. The van der Waals surface area contributed by atoms with Gasteiger partial charge in [0.15, 0.2) is 5.82 Å². The Kier molecular flexibility index (Phi) is 6.30. The van der Waals surface area contributed by atoms with Gasteiger partial charge < -0.3 is 10.1 Å². The summed E-state index contributed by atoms with van der Waals surface area (Å²) in [7, 11) is 0. The number of anilines is 1. The van der Waals surface area contributed by atoms with Gasteiger partial charge in [0, 0.05) is 11.3 Å². The number of hydrogen-bond acceptors (Lipinski definition) is 6. The number of aromatic nitrogens is 3. The minimum atomic E-state index is -0.690. The second kappa shape index (κ2) is 9.02. The average Bonchev–Trinajstić information content (AvgIpc) is 3.45. The molecular weight excluding hydrogens is 436 g/mol. The molecule has 1 aromatic heterocycles. The van der Waals surface area contributed by atoms with Crippen LogP contribution in [0.15, 0.2) is 59.8 Å². The molecule has 1 N–H and O–H groups in total. The molecule has 0 bridgehead atoms. The lowest BCUT2D eigenvalue weighted by molar-refractivity contribution is -0.116. The molecule has 8 heteroatoms. The van der Waals surface area contributed by atoms with Gasteiger partial charge in [-0.15, -0.1) is 10.2 Å². The quantitative estimate of drug-likeness (QED) is 0.514. The molecule has 0 spiro atoms. The van der Waals surface area contributed by atoms with Crippen LogP contribution in [0.25, 0.3) is 11.4 Å². The number of rotatable bonds is 6. The first-order valence-electron chi connectivity index (χ1n) is 11.0. The molecule has 1 fully saturated rings. The van der Waals surface area contributed by atoms with E-state index in [4.69, 9.17) is 4.74 Å². The average molecular weight is 465 g/mol. The normalized spacial score (nSPS) is 14.5. The highest BCUT2D eigenvalue weighted by molar-refractivity contribution is 8.01. The van der Waals surface area contributed by atoms with Gasteiger partial charge in [0.05, 0.1) is 0 Å². The lowest BCUT2D eigenvalue weighted by Gasteiger charge is -2.21. The van der Waals surface area contributed by atoms with Crippen LogP contribution in [0.2, 0.25) is 0 Å². The van der Waals surface area contributed by atoms with Crippen LogP contribution in [-0.4, -0.2) is 37.1 Å². The van der Waals surface area contributed by atoms with Crippen LogP contribution >= 0.6 is 11.8 Å². The Morgan fingerprint density at radius 2 is 1.73 bits per heavy atom. The minimum absolute atomic E-state index is 0.100. The van der Waals surface area contributed by atoms with Gasteiger partial charge in [0.2, 0.25) is 11.1 Å². The summed E-state index contributed by atoms with van der Waals surface area (Å²) in [6.45, 7) is 7.52. The number of nitrogens with zero attached hydrogens (tertiary/aromatic N) is 3. The highest BCUT2D eigenvalue weighted by Crippen LogP contribution is 2.52. The predicted molar refractivity (Wildman–Crippen MR) is 129 cm³/mol. The maximum absolute atomic E-state index is 13.1. The highest BCUT2D eigenvalue weighted by Gasteiger charge is 2.52. The maximum atomic E-state index is 13.1. The standard InChI is InChI=1S/C25H28N4O3S/c1-5-17-11-13-19(14-12-17)26-21(30)25(15-16-25)33-22-28-27-20(18-9-7-6-8-10-18)29(22)23(31)32-24(2,3)4/h6-14H,5,15-16H2,1-4H3,(H,26,30). The van der Waals surface area contributed by atoms with Crippen molar-refractivity contribution in [1.29, 1.82) is 0 Å². The van der Waals surface area contributed by atoms with E-state index in [1.54, 1.807) is 0 Å². The topological polar surface area (TPSA) is 86.1 Å². The van der Waals surface area contributed by atoms with Crippen molar-refractivity contribution in [2.45, 2.75) is 62.5 Å². The summed E-state index contributed by atoms with van der Waals surface area (Å²) in [5.74, 6) is 0.287. The maximum Gasteiger partial charge on any atom is 0.422 e. The summed E-state index contributed by atoms with van der Waals surface area (Å²) in [5, 5.41) is 11.9. The first-order chi connectivity index (χ1) is 15.7. The number of benzene rings is 2. The molecule has 7 nitrogen and oxygen atoms in total. The number of carbonyl (C=O) groups is 2. The Morgan fingerprint density at radius 1 is 1.06 bits per heavy atom. The summed E-state index contributed by atoms with van der Waals surface area (Å²) < 4.78 is 6.31. The lowest BCUT2D eigenvalue weighted by atomic mass is 10.1. The van der Waals surface area contributed by atoms with E-state index in [9.17, 15) is 9.59 Å². The summed E-state index contributed by atoms with van der Waals surface area (Å²) in [6, 6.07) is 17.2. The fourth-order valence-corrected chi connectivity index (χ4v) is 4.45. The molecule has 172 valence electrons.